The molecule has 1 aliphatic heterocycles. The van der Waals surface area contributed by atoms with Gasteiger partial charge in [0.1, 0.15) is 6.04 Å². The highest BCUT2D eigenvalue weighted by Gasteiger charge is 2.26. The van der Waals surface area contributed by atoms with E-state index in [0.29, 0.717) is 13.0 Å². The summed E-state index contributed by atoms with van der Waals surface area (Å²) in [4.78, 5) is 21.1. The van der Waals surface area contributed by atoms with Gasteiger partial charge in [-0.2, -0.15) is 0 Å². The lowest BCUT2D eigenvalue weighted by Crippen LogP contribution is -2.36. The first kappa shape index (κ1) is 7.05. The van der Waals surface area contributed by atoms with Crippen LogP contribution in [0.4, 0.5) is 0 Å². The van der Waals surface area contributed by atoms with Crippen LogP contribution >= 0.6 is 0 Å². The molecule has 1 atom stereocenters. The zero-order valence-corrected chi connectivity index (χ0v) is 5.72. The number of hydrogen-bond acceptors (Lipinski definition) is 3. The van der Waals surface area contributed by atoms with Crippen LogP contribution in [-0.4, -0.2) is 24.5 Å². The molecule has 1 amide bonds. The fourth-order valence-electron chi connectivity index (χ4n) is 0.872. The minimum atomic E-state index is -0.405. The SMILES string of the molecule is CC(=O)NC1CCOC1=O. The van der Waals surface area contributed by atoms with Gasteiger partial charge in [-0.25, -0.2) is 4.79 Å². The molecule has 1 heterocycles. The van der Waals surface area contributed by atoms with E-state index >= 15 is 0 Å². The van der Waals surface area contributed by atoms with Crippen LogP contribution in [-0.2, 0) is 14.3 Å². The summed E-state index contributed by atoms with van der Waals surface area (Å²) in [6.45, 7) is 1.80. The third-order valence-corrected chi connectivity index (χ3v) is 1.31. The molecule has 1 unspecified atom stereocenters. The van der Waals surface area contributed by atoms with Crippen LogP contribution in [0.15, 0.2) is 0 Å². The Bertz CT molecular complexity index is 166. The Kier molecular flexibility index (Phi) is 1.89. The Labute approximate surface area is 58.5 Å². The first-order valence-electron chi connectivity index (χ1n) is 3.14. The lowest BCUT2D eigenvalue weighted by molar-refractivity contribution is -0.141. The van der Waals surface area contributed by atoms with Gasteiger partial charge in [-0.3, -0.25) is 4.79 Å². The molecular formula is C6H9NO3. The fraction of sp³-hybridized carbons (Fsp3) is 0.667. The Hall–Kier alpha value is -1.06. The highest BCUT2D eigenvalue weighted by atomic mass is 16.5. The number of cyclic esters (lactones) is 1. The van der Waals surface area contributed by atoms with Gasteiger partial charge >= 0.3 is 5.97 Å². The van der Waals surface area contributed by atoms with Crippen LogP contribution < -0.4 is 5.32 Å². The highest BCUT2D eigenvalue weighted by Crippen LogP contribution is 2.04. The highest BCUT2D eigenvalue weighted by molar-refractivity contribution is 5.84. The average molecular weight is 143 g/mol. The monoisotopic (exact) mass is 143 g/mol. The van der Waals surface area contributed by atoms with Crippen molar-refractivity contribution < 1.29 is 14.3 Å². The predicted octanol–water partition coefficient (Wildman–Crippen LogP) is -0.562. The molecule has 10 heavy (non-hydrogen) atoms. The van der Waals surface area contributed by atoms with Crippen molar-refractivity contribution in [1.82, 2.24) is 5.32 Å². The molecule has 0 saturated carbocycles. The minimum Gasteiger partial charge on any atom is -0.464 e. The first-order chi connectivity index (χ1) is 4.70. The molecule has 0 aliphatic carbocycles. The van der Waals surface area contributed by atoms with Gasteiger partial charge in [-0.1, -0.05) is 0 Å². The molecule has 0 spiro atoms. The number of hydrogen-bond donors (Lipinski definition) is 1. The standard InChI is InChI=1S/C6H9NO3/c1-4(8)7-5-2-3-10-6(5)9/h5H,2-3H2,1H3,(H,7,8). The second kappa shape index (κ2) is 2.68. The van der Waals surface area contributed by atoms with Crippen molar-refractivity contribution in [1.29, 1.82) is 0 Å². The van der Waals surface area contributed by atoms with E-state index in [1.54, 1.807) is 0 Å². The summed E-state index contributed by atoms with van der Waals surface area (Å²) in [5, 5.41) is 2.48. The van der Waals surface area contributed by atoms with E-state index < -0.39 is 6.04 Å². The number of carbonyl (C=O) groups excluding carboxylic acids is 2. The van der Waals surface area contributed by atoms with Crippen molar-refractivity contribution in [2.45, 2.75) is 19.4 Å². The maximum Gasteiger partial charge on any atom is 0.328 e. The molecule has 4 nitrogen and oxygen atoms in total. The van der Waals surface area contributed by atoms with Gasteiger partial charge in [0.25, 0.3) is 0 Å². The number of esters is 1. The van der Waals surface area contributed by atoms with E-state index in [0.717, 1.165) is 0 Å². The van der Waals surface area contributed by atoms with Crippen LogP contribution in [0.3, 0.4) is 0 Å². The summed E-state index contributed by atoms with van der Waals surface area (Å²) in [5.74, 6) is -0.515. The number of ether oxygens (including phenoxy) is 1. The van der Waals surface area contributed by atoms with Crippen molar-refractivity contribution in [3.8, 4) is 0 Å². The van der Waals surface area contributed by atoms with Crippen LogP contribution in [0.5, 0.6) is 0 Å². The molecular weight excluding hydrogens is 134 g/mol. The van der Waals surface area contributed by atoms with Gasteiger partial charge in [0.2, 0.25) is 5.91 Å². The predicted molar refractivity (Wildman–Crippen MR) is 33.2 cm³/mol. The van der Waals surface area contributed by atoms with Gasteiger partial charge in [0.15, 0.2) is 0 Å². The van der Waals surface area contributed by atoms with Gasteiger partial charge in [-0.15, -0.1) is 0 Å². The summed E-state index contributed by atoms with van der Waals surface area (Å²) in [5.41, 5.74) is 0. The normalized spacial score (nSPS) is 24.1. The summed E-state index contributed by atoms with van der Waals surface area (Å²) >= 11 is 0. The molecule has 0 aromatic rings. The number of nitrogens with one attached hydrogen (secondary N) is 1. The molecule has 0 aromatic carbocycles. The average Bonchev–Trinajstić information content (AvgIpc) is 2.15. The van der Waals surface area contributed by atoms with Crippen LogP contribution in [0, 0.1) is 0 Å². The fourth-order valence-corrected chi connectivity index (χ4v) is 0.872. The van der Waals surface area contributed by atoms with Gasteiger partial charge in [-0.05, 0) is 0 Å². The molecule has 0 aromatic heterocycles. The number of amides is 1. The molecule has 1 aliphatic rings. The second-order valence-electron chi connectivity index (χ2n) is 2.21. The molecule has 56 valence electrons. The van der Waals surface area contributed by atoms with E-state index in [9.17, 15) is 9.59 Å². The third kappa shape index (κ3) is 1.46. The van der Waals surface area contributed by atoms with E-state index in [2.05, 4.69) is 10.1 Å². The van der Waals surface area contributed by atoms with Crippen molar-refractivity contribution >= 4 is 11.9 Å². The summed E-state index contributed by atoms with van der Waals surface area (Å²) in [6.07, 6.45) is 0.596. The zero-order chi connectivity index (χ0) is 7.56. The molecule has 0 bridgehead atoms. The smallest absolute Gasteiger partial charge is 0.328 e. The Morgan fingerprint density at radius 2 is 2.50 bits per heavy atom. The van der Waals surface area contributed by atoms with E-state index in [1.807, 2.05) is 0 Å². The summed E-state index contributed by atoms with van der Waals surface area (Å²) in [6, 6.07) is -0.405. The maximum atomic E-state index is 10.7. The quantitative estimate of drug-likeness (QED) is 0.500. The largest absolute Gasteiger partial charge is 0.464 e. The topological polar surface area (TPSA) is 55.4 Å². The third-order valence-electron chi connectivity index (χ3n) is 1.31. The van der Waals surface area contributed by atoms with Crippen LogP contribution in [0.1, 0.15) is 13.3 Å². The van der Waals surface area contributed by atoms with Crippen molar-refractivity contribution in [3.63, 3.8) is 0 Å². The van der Waals surface area contributed by atoms with Gasteiger partial charge < -0.3 is 10.1 Å². The molecule has 1 fully saturated rings. The maximum absolute atomic E-state index is 10.7. The zero-order valence-electron chi connectivity index (χ0n) is 5.72. The van der Waals surface area contributed by atoms with Crippen molar-refractivity contribution in [2.24, 2.45) is 0 Å². The lowest BCUT2D eigenvalue weighted by Gasteiger charge is -2.03. The van der Waals surface area contributed by atoms with E-state index in [-0.39, 0.29) is 11.9 Å². The summed E-state index contributed by atoms with van der Waals surface area (Å²) < 4.78 is 4.61. The molecule has 1 saturated heterocycles. The van der Waals surface area contributed by atoms with Crippen LogP contribution in [0.2, 0.25) is 0 Å². The van der Waals surface area contributed by atoms with Gasteiger partial charge in [0.05, 0.1) is 6.61 Å². The Morgan fingerprint density at radius 3 is 2.90 bits per heavy atom. The lowest BCUT2D eigenvalue weighted by atomic mass is 10.2. The molecule has 0 radical (unpaired) electrons. The molecule has 1 rings (SSSR count). The van der Waals surface area contributed by atoms with Gasteiger partial charge in [0, 0.05) is 13.3 Å². The van der Waals surface area contributed by atoms with Crippen LogP contribution in [0.25, 0.3) is 0 Å². The molecule has 4 heteroatoms. The Morgan fingerprint density at radius 1 is 1.80 bits per heavy atom. The second-order valence-corrected chi connectivity index (χ2v) is 2.21. The van der Waals surface area contributed by atoms with Crippen molar-refractivity contribution in [2.75, 3.05) is 6.61 Å². The summed E-state index contributed by atoms with van der Waals surface area (Å²) in [7, 11) is 0. The minimum absolute atomic E-state index is 0.191. The Balaban J connectivity index is 2.40. The number of rotatable bonds is 1. The molecule has 1 N–H and O–H groups in total. The number of carbonyl (C=O) groups is 2. The van der Waals surface area contributed by atoms with E-state index in [4.69, 9.17) is 0 Å². The first-order valence-corrected chi connectivity index (χ1v) is 3.14. The van der Waals surface area contributed by atoms with Crippen molar-refractivity contribution in [3.05, 3.63) is 0 Å². The van der Waals surface area contributed by atoms with E-state index in [1.165, 1.54) is 6.92 Å².